The fourth-order valence-electron chi connectivity index (χ4n) is 1.86. The molecule has 0 spiro atoms. The number of ether oxygens (including phenoxy) is 1. The quantitative estimate of drug-likeness (QED) is 0.551. The van der Waals surface area contributed by atoms with E-state index in [1.54, 1.807) is 7.11 Å². The highest BCUT2D eigenvalue weighted by molar-refractivity contribution is 5.04. The molecule has 0 aliphatic heterocycles. The first-order chi connectivity index (χ1) is 7.96. The van der Waals surface area contributed by atoms with Crippen molar-refractivity contribution in [3.63, 3.8) is 0 Å². The zero-order valence-corrected chi connectivity index (χ0v) is 11.2. The van der Waals surface area contributed by atoms with Crippen molar-refractivity contribution in [1.29, 1.82) is 0 Å². The Kier molecular flexibility index (Phi) is 5.11. The number of hydrogen-bond acceptors (Lipinski definition) is 4. The summed E-state index contributed by atoms with van der Waals surface area (Å²) in [5.74, 6) is 5.58. The van der Waals surface area contributed by atoms with Gasteiger partial charge in [-0.15, -0.1) is 0 Å². The van der Waals surface area contributed by atoms with Gasteiger partial charge in [0.2, 0.25) is 0 Å². The summed E-state index contributed by atoms with van der Waals surface area (Å²) < 4.78 is 7.23. The van der Waals surface area contributed by atoms with Crippen molar-refractivity contribution in [2.24, 2.45) is 12.9 Å². The van der Waals surface area contributed by atoms with Crippen molar-refractivity contribution >= 4 is 0 Å². The molecule has 0 fully saturated rings. The maximum absolute atomic E-state index is 5.58. The molecular formula is C12H24N4O. The number of hydrazine groups is 1. The van der Waals surface area contributed by atoms with Gasteiger partial charge >= 0.3 is 0 Å². The monoisotopic (exact) mass is 240 g/mol. The fraction of sp³-hybridized carbons (Fsp3) is 0.750. The van der Waals surface area contributed by atoms with E-state index in [2.05, 4.69) is 24.4 Å². The van der Waals surface area contributed by atoms with Crippen LogP contribution in [-0.4, -0.2) is 28.5 Å². The lowest BCUT2D eigenvalue weighted by atomic mass is 9.95. The lowest BCUT2D eigenvalue weighted by molar-refractivity contribution is 0.00639. The van der Waals surface area contributed by atoms with Crippen LogP contribution in [0.3, 0.4) is 0 Å². The summed E-state index contributed by atoms with van der Waals surface area (Å²) in [5, 5.41) is 4.15. The molecule has 0 saturated carbocycles. The smallest absolute Gasteiger partial charge is 0.0638 e. The Balaban J connectivity index is 2.42. The average Bonchev–Trinajstić information content (AvgIpc) is 2.70. The number of aryl methyl sites for hydroxylation is 2. The highest BCUT2D eigenvalue weighted by Crippen LogP contribution is 2.18. The van der Waals surface area contributed by atoms with Gasteiger partial charge in [-0.1, -0.05) is 0 Å². The van der Waals surface area contributed by atoms with Gasteiger partial charge in [0.05, 0.1) is 11.8 Å². The number of methoxy groups -OCH3 is 1. The SMILES string of the molecule is COC(C)(C)CC(CCc1cnn(C)c1)NN. The van der Waals surface area contributed by atoms with Crippen molar-refractivity contribution in [1.82, 2.24) is 15.2 Å². The van der Waals surface area contributed by atoms with Crippen LogP contribution in [0.1, 0.15) is 32.3 Å². The van der Waals surface area contributed by atoms with Crippen molar-refractivity contribution in [3.8, 4) is 0 Å². The molecule has 0 aliphatic carbocycles. The molecule has 1 rings (SSSR count). The summed E-state index contributed by atoms with van der Waals surface area (Å²) >= 11 is 0. The molecule has 1 heterocycles. The second-order valence-electron chi connectivity index (χ2n) is 5.09. The standard InChI is InChI=1S/C12H24N4O/c1-12(2,17-4)7-11(15-13)6-5-10-8-14-16(3)9-10/h8-9,11,15H,5-7,13H2,1-4H3. The molecule has 0 aromatic carbocycles. The van der Waals surface area contributed by atoms with E-state index in [-0.39, 0.29) is 11.6 Å². The van der Waals surface area contributed by atoms with E-state index in [1.807, 2.05) is 24.1 Å². The Labute approximate surface area is 103 Å². The molecule has 5 nitrogen and oxygen atoms in total. The van der Waals surface area contributed by atoms with E-state index in [0.29, 0.717) is 0 Å². The number of nitrogens with one attached hydrogen (secondary N) is 1. The van der Waals surface area contributed by atoms with Crippen LogP contribution < -0.4 is 11.3 Å². The maximum Gasteiger partial charge on any atom is 0.0638 e. The maximum atomic E-state index is 5.58. The Morgan fingerprint density at radius 1 is 1.59 bits per heavy atom. The van der Waals surface area contributed by atoms with Gasteiger partial charge in [-0.2, -0.15) is 5.10 Å². The van der Waals surface area contributed by atoms with Gasteiger partial charge in [-0.25, -0.2) is 0 Å². The van der Waals surface area contributed by atoms with E-state index in [0.717, 1.165) is 19.3 Å². The van der Waals surface area contributed by atoms with Crippen LogP contribution in [0.2, 0.25) is 0 Å². The molecule has 0 radical (unpaired) electrons. The van der Waals surface area contributed by atoms with E-state index >= 15 is 0 Å². The van der Waals surface area contributed by atoms with Gasteiger partial charge in [0, 0.05) is 26.4 Å². The van der Waals surface area contributed by atoms with Crippen molar-refractivity contribution in [2.45, 2.75) is 44.8 Å². The predicted molar refractivity (Wildman–Crippen MR) is 68.3 cm³/mol. The second kappa shape index (κ2) is 6.14. The Bertz CT molecular complexity index is 335. The number of aromatic nitrogens is 2. The van der Waals surface area contributed by atoms with Crippen LogP contribution in [0.5, 0.6) is 0 Å². The third kappa shape index (κ3) is 4.85. The van der Waals surface area contributed by atoms with Crippen LogP contribution in [-0.2, 0) is 18.2 Å². The van der Waals surface area contributed by atoms with E-state index in [9.17, 15) is 0 Å². The van der Waals surface area contributed by atoms with Crippen molar-refractivity contribution in [3.05, 3.63) is 18.0 Å². The van der Waals surface area contributed by atoms with E-state index in [1.165, 1.54) is 5.56 Å². The molecule has 1 aromatic rings. The van der Waals surface area contributed by atoms with Gasteiger partial charge in [0.1, 0.15) is 0 Å². The highest BCUT2D eigenvalue weighted by atomic mass is 16.5. The minimum absolute atomic E-state index is 0.147. The third-order valence-corrected chi connectivity index (χ3v) is 3.07. The van der Waals surface area contributed by atoms with Crippen LogP contribution >= 0.6 is 0 Å². The van der Waals surface area contributed by atoms with Gasteiger partial charge in [-0.05, 0) is 38.7 Å². The minimum Gasteiger partial charge on any atom is -0.379 e. The topological polar surface area (TPSA) is 65.1 Å². The number of rotatable bonds is 7. The average molecular weight is 240 g/mol. The summed E-state index contributed by atoms with van der Waals surface area (Å²) in [4.78, 5) is 0. The Hall–Kier alpha value is -0.910. The Morgan fingerprint density at radius 3 is 2.76 bits per heavy atom. The summed E-state index contributed by atoms with van der Waals surface area (Å²) in [7, 11) is 3.66. The van der Waals surface area contributed by atoms with Crippen LogP contribution in [0, 0.1) is 0 Å². The fourth-order valence-corrected chi connectivity index (χ4v) is 1.86. The zero-order valence-electron chi connectivity index (χ0n) is 11.2. The van der Waals surface area contributed by atoms with Gasteiger partial charge < -0.3 is 4.74 Å². The molecule has 0 bridgehead atoms. The molecule has 1 atom stereocenters. The molecule has 17 heavy (non-hydrogen) atoms. The van der Waals surface area contributed by atoms with Crippen molar-refractivity contribution < 1.29 is 4.74 Å². The first kappa shape index (κ1) is 14.2. The van der Waals surface area contributed by atoms with Gasteiger partial charge in [0.15, 0.2) is 0 Å². The highest BCUT2D eigenvalue weighted by Gasteiger charge is 2.21. The third-order valence-electron chi connectivity index (χ3n) is 3.07. The predicted octanol–water partition coefficient (Wildman–Crippen LogP) is 1.000. The van der Waals surface area contributed by atoms with E-state index < -0.39 is 0 Å². The first-order valence-corrected chi connectivity index (χ1v) is 5.95. The molecule has 0 aliphatic rings. The lowest BCUT2D eigenvalue weighted by Crippen LogP contribution is -2.41. The molecule has 0 saturated heterocycles. The van der Waals surface area contributed by atoms with Crippen LogP contribution in [0.25, 0.3) is 0 Å². The van der Waals surface area contributed by atoms with Crippen LogP contribution in [0.15, 0.2) is 12.4 Å². The molecule has 5 heteroatoms. The summed E-state index contributed by atoms with van der Waals surface area (Å²) in [6.07, 6.45) is 6.78. The number of nitrogens with zero attached hydrogens (tertiary/aromatic N) is 2. The second-order valence-corrected chi connectivity index (χ2v) is 5.09. The molecule has 98 valence electrons. The number of hydrogen-bond donors (Lipinski definition) is 2. The summed E-state index contributed by atoms with van der Waals surface area (Å²) in [6, 6.07) is 0.255. The van der Waals surface area contributed by atoms with Crippen LogP contribution in [0.4, 0.5) is 0 Å². The molecular weight excluding hydrogens is 216 g/mol. The summed E-state index contributed by atoms with van der Waals surface area (Å²) in [5.41, 5.74) is 3.95. The zero-order chi connectivity index (χ0) is 12.9. The molecule has 1 unspecified atom stereocenters. The Morgan fingerprint density at radius 2 is 2.29 bits per heavy atom. The summed E-state index contributed by atoms with van der Waals surface area (Å²) in [6.45, 7) is 4.14. The lowest BCUT2D eigenvalue weighted by Gasteiger charge is -2.28. The molecule has 1 aromatic heterocycles. The first-order valence-electron chi connectivity index (χ1n) is 5.95. The normalized spacial score (nSPS) is 13.9. The van der Waals surface area contributed by atoms with Gasteiger partial charge in [0.25, 0.3) is 0 Å². The minimum atomic E-state index is -0.147. The molecule has 0 amide bonds. The largest absolute Gasteiger partial charge is 0.379 e. The molecule has 3 N–H and O–H groups in total. The van der Waals surface area contributed by atoms with Crippen molar-refractivity contribution in [2.75, 3.05) is 7.11 Å². The number of nitrogens with two attached hydrogens (primary N) is 1. The van der Waals surface area contributed by atoms with E-state index in [4.69, 9.17) is 10.6 Å². The van der Waals surface area contributed by atoms with Gasteiger partial charge in [-0.3, -0.25) is 16.0 Å².